The second-order valence-corrected chi connectivity index (χ2v) is 4.57. The molecule has 0 saturated heterocycles. The molecule has 0 unspecified atom stereocenters. The van der Waals surface area contributed by atoms with Crippen LogP contribution in [0.25, 0.3) is 0 Å². The zero-order valence-corrected chi connectivity index (χ0v) is 7.38. The van der Waals surface area contributed by atoms with E-state index in [0.29, 0.717) is 0 Å². The van der Waals surface area contributed by atoms with E-state index >= 15 is 0 Å². The van der Waals surface area contributed by atoms with Crippen molar-refractivity contribution in [1.82, 2.24) is 4.72 Å². The van der Waals surface area contributed by atoms with Crippen molar-refractivity contribution in [3.63, 3.8) is 0 Å². The molecule has 0 aromatic heterocycles. The molecule has 7 heteroatoms. The smallest absolute Gasteiger partial charge is 0.395 e. The fourth-order valence-electron chi connectivity index (χ4n) is 0.291. The van der Waals surface area contributed by atoms with Crippen LogP contribution in [-0.2, 0) is 19.6 Å². The van der Waals surface area contributed by atoms with Crippen molar-refractivity contribution in [2.24, 2.45) is 0 Å². The SMILES string of the molecule is CC(C)S(=O)(=O)NC(=O)C(=O)O. The standard InChI is InChI=1S/C5H9NO5S/c1-3(2)12(10,11)6-4(7)5(8)9/h3H,1-2H3,(H,6,7)(H,8,9). The van der Waals surface area contributed by atoms with E-state index in [1.165, 1.54) is 18.6 Å². The topological polar surface area (TPSA) is 101 Å². The Morgan fingerprint density at radius 2 is 1.75 bits per heavy atom. The van der Waals surface area contributed by atoms with E-state index in [2.05, 4.69) is 0 Å². The number of carbonyl (C=O) groups excluding carboxylic acids is 1. The molecule has 0 atom stereocenters. The average Bonchev–Trinajstić information content (AvgIpc) is 1.85. The van der Waals surface area contributed by atoms with Gasteiger partial charge in [0.2, 0.25) is 10.0 Å². The zero-order chi connectivity index (χ0) is 9.94. The molecule has 0 aromatic rings. The summed E-state index contributed by atoms with van der Waals surface area (Å²) in [7, 11) is -3.82. The number of amides is 1. The number of carboxylic acids is 1. The van der Waals surface area contributed by atoms with Crippen LogP contribution in [-0.4, -0.2) is 30.7 Å². The molecule has 0 aliphatic rings. The second-order valence-electron chi connectivity index (χ2n) is 2.33. The van der Waals surface area contributed by atoms with Crippen LogP contribution in [0.15, 0.2) is 0 Å². The van der Waals surface area contributed by atoms with Gasteiger partial charge in [0.25, 0.3) is 0 Å². The van der Waals surface area contributed by atoms with Crippen LogP contribution in [0.2, 0.25) is 0 Å². The van der Waals surface area contributed by atoms with E-state index in [-0.39, 0.29) is 0 Å². The molecule has 0 saturated carbocycles. The molecule has 0 radical (unpaired) electrons. The summed E-state index contributed by atoms with van der Waals surface area (Å²) in [6.45, 7) is 2.66. The van der Waals surface area contributed by atoms with Crippen LogP contribution >= 0.6 is 0 Å². The maximum atomic E-state index is 10.8. The van der Waals surface area contributed by atoms with Gasteiger partial charge >= 0.3 is 11.9 Å². The summed E-state index contributed by atoms with van der Waals surface area (Å²) in [5.74, 6) is -3.36. The Hall–Kier alpha value is -1.11. The Morgan fingerprint density at radius 3 is 2.00 bits per heavy atom. The fraction of sp³-hybridized carbons (Fsp3) is 0.600. The van der Waals surface area contributed by atoms with Crippen molar-refractivity contribution in [2.75, 3.05) is 0 Å². The predicted molar refractivity (Wildman–Crippen MR) is 39.8 cm³/mol. The first-order valence-corrected chi connectivity index (χ1v) is 4.61. The molecule has 0 fully saturated rings. The summed E-state index contributed by atoms with van der Waals surface area (Å²) in [6.07, 6.45) is 0. The number of rotatable bonds is 2. The van der Waals surface area contributed by atoms with Crippen molar-refractivity contribution in [3.05, 3.63) is 0 Å². The zero-order valence-electron chi connectivity index (χ0n) is 6.57. The molecule has 2 N–H and O–H groups in total. The Balaban J connectivity index is 4.48. The Morgan fingerprint density at radius 1 is 1.33 bits per heavy atom. The molecule has 0 heterocycles. The van der Waals surface area contributed by atoms with Crippen LogP contribution in [0.1, 0.15) is 13.8 Å². The van der Waals surface area contributed by atoms with Crippen LogP contribution < -0.4 is 4.72 Å². The molecule has 0 aliphatic carbocycles. The lowest BCUT2D eigenvalue weighted by Crippen LogP contribution is -2.39. The Bertz CT molecular complexity index is 291. The van der Waals surface area contributed by atoms with Gasteiger partial charge in [0.15, 0.2) is 0 Å². The van der Waals surface area contributed by atoms with Crippen LogP contribution in [0.4, 0.5) is 0 Å². The predicted octanol–water partition coefficient (Wildman–Crippen LogP) is -1.07. The fourth-order valence-corrected chi connectivity index (χ4v) is 0.872. The van der Waals surface area contributed by atoms with Gasteiger partial charge in [-0.2, -0.15) is 0 Å². The molecular formula is C5H9NO5S. The summed E-state index contributed by atoms with van der Waals surface area (Å²) in [6, 6.07) is 0. The number of hydrogen-bond donors (Lipinski definition) is 2. The van der Waals surface area contributed by atoms with Gasteiger partial charge in [0.05, 0.1) is 5.25 Å². The van der Waals surface area contributed by atoms with Crippen molar-refractivity contribution < 1.29 is 23.1 Å². The Kier molecular flexibility index (Phi) is 3.20. The summed E-state index contributed by atoms with van der Waals surface area (Å²) in [5, 5.41) is 7.22. The normalized spacial score (nSPS) is 11.2. The number of nitrogens with one attached hydrogen (secondary N) is 1. The number of carboxylic acid groups (broad SMARTS) is 1. The molecule has 0 bridgehead atoms. The average molecular weight is 195 g/mol. The molecule has 70 valence electrons. The highest BCUT2D eigenvalue weighted by Gasteiger charge is 2.22. The van der Waals surface area contributed by atoms with Crippen molar-refractivity contribution in [3.8, 4) is 0 Å². The minimum Gasteiger partial charge on any atom is -0.474 e. The van der Waals surface area contributed by atoms with Gasteiger partial charge in [-0.1, -0.05) is 0 Å². The molecule has 12 heavy (non-hydrogen) atoms. The summed E-state index contributed by atoms with van der Waals surface area (Å²) in [4.78, 5) is 20.3. The molecule has 0 aliphatic heterocycles. The van der Waals surface area contributed by atoms with E-state index in [4.69, 9.17) is 5.11 Å². The maximum Gasteiger partial charge on any atom is 0.395 e. The number of sulfonamides is 1. The van der Waals surface area contributed by atoms with Crippen molar-refractivity contribution >= 4 is 21.9 Å². The van der Waals surface area contributed by atoms with Gasteiger partial charge in [-0.15, -0.1) is 0 Å². The first kappa shape index (κ1) is 10.9. The minimum atomic E-state index is -3.82. The third kappa shape index (κ3) is 2.87. The highest BCUT2D eigenvalue weighted by Crippen LogP contribution is 1.94. The van der Waals surface area contributed by atoms with E-state index in [1.54, 1.807) is 0 Å². The first-order valence-electron chi connectivity index (χ1n) is 3.06. The molecule has 1 amide bonds. The van der Waals surface area contributed by atoms with E-state index in [1.807, 2.05) is 0 Å². The number of carbonyl (C=O) groups is 2. The van der Waals surface area contributed by atoms with Gasteiger partial charge in [0, 0.05) is 0 Å². The second kappa shape index (κ2) is 3.53. The van der Waals surface area contributed by atoms with E-state index in [9.17, 15) is 18.0 Å². The van der Waals surface area contributed by atoms with E-state index < -0.39 is 27.1 Å². The lowest BCUT2D eigenvalue weighted by atomic mass is 10.6. The molecular weight excluding hydrogens is 186 g/mol. The van der Waals surface area contributed by atoms with Crippen molar-refractivity contribution in [1.29, 1.82) is 0 Å². The first-order chi connectivity index (χ1) is 5.27. The van der Waals surface area contributed by atoms with Gasteiger partial charge in [-0.3, -0.25) is 4.79 Å². The van der Waals surface area contributed by atoms with Crippen molar-refractivity contribution in [2.45, 2.75) is 19.1 Å². The molecule has 0 rings (SSSR count). The minimum absolute atomic E-state index is 0.833. The van der Waals surface area contributed by atoms with Crippen LogP contribution in [0, 0.1) is 0 Å². The largest absolute Gasteiger partial charge is 0.474 e. The highest BCUT2D eigenvalue weighted by molar-refractivity contribution is 7.90. The summed E-state index contributed by atoms with van der Waals surface area (Å²) in [5.41, 5.74) is 0. The van der Waals surface area contributed by atoms with Gasteiger partial charge in [-0.25, -0.2) is 17.9 Å². The monoisotopic (exact) mass is 195 g/mol. The summed E-state index contributed by atoms with van der Waals surface area (Å²) >= 11 is 0. The maximum absolute atomic E-state index is 10.8. The van der Waals surface area contributed by atoms with E-state index in [0.717, 1.165) is 0 Å². The van der Waals surface area contributed by atoms with Gasteiger partial charge < -0.3 is 5.11 Å². The lowest BCUT2D eigenvalue weighted by Gasteiger charge is -2.06. The highest BCUT2D eigenvalue weighted by atomic mass is 32.2. The molecule has 6 nitrogen and oxygen atoms in total. The Labute approximate surface area is 69.6 Å². The molecule has 0 spiro atoms. The number of aliphatic carboxylic acids is 1. The van der Waals surface area contributed by atoms with Crippen LogP contribution in [0.3, 0.4) is 0 Å². The summed E-state index contributed by atoms with van der Waals surface area (Å²) < 4.78 is 23.1. The van der Waals surface area contributed by atoms with Gasteiger partial charge in [0.1, 0.15) is 0 Å². The third-order valence-corrected chi connectivity index (χ3v) is 2.76. The lowest BCUT2D eigenvalue weighted by molar-refractivity contribution is -0.149. The quantitative estimate of drug-likeness (QED) is 0.546. The number of hydrogen-bond acceptors (Lipinski definition) is 4. The van der Waals surface area contributed by atoms with Gasteiger partial charge in [-0.05, 0) is 13.8 Å². The molecule has 0 aromatic carbocycles. The third-order valence-electron chi connectivity index (χ3n) is 1.05. The van der Waals surface area contributed by atoms with Crippen LogP contribution in [0.5, 0.6) is 0 Å².